The third-order valence-electron chi connectivity index (χ3n) is 5.81. The van der Waals surface area contributed by atoms with Crippen molar-refractivity contribution in [2.75, 3.05) is 38.5 Å². The molecule has 0 bridgehead atoms. The summed E-state index contributed by atoms with van der Waals surface area (Å²) >= 11 is 6.49. The second-order valence-electron chi connectivity index (χ2n) is 7.99. The summed E-state index contributed by atoms with van der Waals surface area (Å²) in [6, 6.07) is 6.20. The van der Waals surface area contributed by atoms with Crippen LogP contribution < -0.4 is 10.1 Å². The van der Waals surface area contributed by atoms with Crippen LogP contribution in [-0.4, -0.2) is 58.3 Å². The van der Waals surface area contributed by atoms with Crippen LogP contribution in [0.25, 0.3) is 0 Å². The Morgan fingerprint density at radius 1 is 1.25 bits per heavy atom. The smallest absolute Gasteiger partial charge is 0.138 e. The number of nitrogens with one attached hydrogen (secondary N) is 1. The number of aliphatic hydroxyl groups excluding tert-OH is 1. The molecule has 0 spiro atoms. The molecule has 1 atom stereocenters. The van der Waals surface area contributed by atoms with Gasteiger partial charge in [0.15, 0.2) is 0 Å². The second kappa shape index (κ2) is 10.7. The fraction of sp³-hybridized carbons (Fsp3) is 0.700. The highest BCUT2D eigenvalue weighted by atomic mass is 35.5. The standard InChI is InChI=1S/C20H34ClN2O3PS/c21-19-15-17(2-3-20(19)26-18-4-8-22-9-5-18)14-16-6-10-23(11-7-16)28(25,27)13-1-12-24/h2-3,15-16,18,22,24,28H,1,4-14,27H2. The SMILES string of the molecule is O=[SH](P)(CCCO)N1CCC(Cc2ccc(OC3CCNCC3)c(Cl)c2)CC1. The largest absolute Gasteiger partial charge is 0.489 e. The van der Waals surface area contributed by atoms with Gasteiger partial charge in [-0.2, -0.15) is 0 Å². The zero-order valence-electron chi connectivity index (χ0n) is 16.5. The molecule has 2 aliphatic rings. The molecule has 0 aromatic heterocycles. The number of aliphatic hydroxyl groups is 1. The Balaban J connectivity index is 1.49. The number of halogens is 1. The molecule has 1 aromatic carbocycles. The van der Waals surface area contributed by atoms with E-state index < -0.39 is 9.74 Å². The van der Waals surface area contributed by atoms with Crippen molar-refractivity contribution in [3.05, 3.63) is 28.8 Å². The van der Waals surface area contributed by atoms with Crippen LogP contribution >= 0.6 is 20.0 Å². The molecule has 2 N–H and O–H groups in total. The maximum atomic E-state index is 12.8. The first-order chi connectivity index (χ1) is 13.5. The Bertz CT molecular complexity index is 679. The van der Waals surface area contributed by atoms with E-state index in [0.29, 0.717) is 23.1 Å². The first kappa shape index (κ1) is 22.5. The molecule has 2 aliphatic heterocycles. The number of ether oxygens (including phenoxy) is 1. The summed E-state index contributed by atoms with van der Waals surface area (Å²) in [4.78, 5) is 0. The Hall–Kier alpha value is -0.230. The van der Waals surface area contributed by atoms with E-state index in [-0.39, 0.29) is 12.7 Å². The number of hydrogen-bond donors (Lipinski definition) is 3. The Labute approximate surface area is 177 Å². The minimum absolute atomic E-state index is 0.104. The summed E-state index contributed by atoms with van der Waals surface area (Å²) in [6.07, 6.45) is 5.99. The van der Waals surface area contributed by atoms with Crippen molar-refractivity contribution in [1.82, 2.24) is 9.62 Å². The molecule has 8 heteroatoms. The molecule has 2 heterocycles. The average molecular weight is 449 g/mol. The molecule has 2 fully saturated rings. The van der Waals surface area contributed by atoms with Gasteiger partial charge >= 0.3 is 0 Å². The van der Waals surface area contributed by atoms with Gasteiger partial charge in [0.1, 0.15) is 11.9 Å². The third kappa shape index (κ3) is 6.38. The summed E-state index contributed by atoms with van der Waals surface area (Å²) in [5, 5.41) is 13.0. The second-order valence-corrected chi connectivity index (χ2v) is 13.3. The molecule has 1 unspecified atom stereocenters. The Kier molecular flexibility index (Phi) is 8.58. The molecule has 1 aromatic rings. The van der Waals surface area contributed by atoms with Gasteiger partial charge in [0.05, 0.1) is 5.02 Å². The van der Waals surface area contributed by atoms with Gasteiger partial charge in [-0.05, 0) is 85.0 Å². The lowest BCUT2D eigenvalue weighted by Crippen LogP contribution is -2.41. The van der Waals surface area contributed by atoms with E-state index >= 15 is 0 Å². The van der Waals surface area contributed by atoms with Gasteiger partial charge < -0.3 is 15.2 Å². The minimum atomic E-state index is -2.38. The van der Waals surface area contributed by atoms with Gasteiger partial charge in [0.2, 0.25) is 0 Å². The van der Waals surface area contributed by atoms with Crippen LogP contribution in [0.2, 0.25) is 5.02 Å². The zero-order valence-corrected chi connectivity index (χ0v) is 19.3. The predicted molar refractivity (Wildman–Crippen MR) is 122 cm³/mol. The molecule has 5 nitrogen and oxygen atoms in total. The molecule has 0 aliphatic carbocycles. The fourth-order valence-corrected chi connectivity index (χ4v) is 7.37. The van der Waals surface area contributed by atoms with E-state index in [1.807, 2.05) is 12.1 Å². The van der Waals surface area contributed by atoms with Gasteiger partial charge in [-0.25, -0.2) is 4.31 Å². The maximum Gasteiger partial charge on any atom is 0.138 e. The molecule has 0 radical (unpaired) electrons. The number of hydrogen-bond acceptors (Lipinski definition) is 4. The Morgan fingerprint density at radius 3 is 2.61 bits per heavy atom. The number of nitrogens with zero attached hydrogens (tertiary/aromatic N) is 1. The predicted octanol–water partition coefficient (Wildman–Crippen LogP) is 2.83. The highest BCUT2D eigenvalue weighted by Gasteiger charge is 2.26. The van der Waals surface area contributed by atoms with Gasteiger partial charge in [-0.3, -0.25) is 4.21 Å². The van der Waals surface area contributed by atoms with Crippen molar-refractivity contribution in [2.24, 2.45) is 5.92 Å². The summed E-state index contributed by atoms with van der Waals surface area (Å²) < 4.78 is 21.0. The summed E-state index contributed by atoms with van der Waals surface area (Å²) in [6.45, 7) is 3.83. The molecule has 28 heavy (non-hydrogen) atoms. The van der Waals surface area contributed by atoms with Crippen LogP contribution in [0.3, 0.4) is 0 Å². The number of piperidine rings is 2. The highest BCUT2D eigenvalue weighted by Crippen LogP contribution is 2.32. The quantitative estimate of drug-likeness (QED) is 0.423. The van der Waals surface area contributed by atoms with E-state index in [2.05, 4.69) is 24.1 Å². The topological polar surface area (TPSA) is 61.8 Å². The van der Waals surface area contributed by atoms with Crippen LogP contribution in [0.15, 0.2) is 18.2 Å². The van der Waals surface area contributed by atoms with Crippen LogP contribution in [0.4, 0.5) is 0 Å². The van der Waals surface area contributed by atoms with E-state index in [1.165, 1.54) is 5.56 Å². The van der Waals surface area contributed by atoms with Crippen molar-refractivity contribution in [1.29, 1.82) is 0 Å². The fourth-order valence-electron chi connectivity index (χ4n) is 4.09. The lowest BCUT2D eigenvalue weighted by Gasteiger charge is -2.39. The number of rotatable bonds is 8. The van der Waals surface area contributed by atoms with Crippen LogP contribution in [0, 0.1) is 5.92 Å². The first-order valence-electron chi connectivity index (χ1n) is 10.4. The van der Waals surface area contributed by atoms with Crippen molar-refractivity contribution >= 4 is 29.8 Å². The van der Waals surface area contributed by atoms with Crippen molar-refractivity contribution in [2.45, 2.75) is 44.6 Å². The number of thiol groups is 1. The maximum absolute atomic E-state index is 12.8. The lowest BCUT2D eigenvalue weighted by atomic mass is 9.91. The van der Waals surface area contributed by atoms with Crippen molar-refractivity contribution < 1.29 is 14.1 Å². The van der Waals surface area contributed by atoms with Crippen LogP contribution in [0.1, 0.15) is 37.7 Å². The van der Waals surface area contributed by atoms with Crippen LogP contribution in [0.5, 0.6) is 5.75 Å². The zero-order chi connectivity index (χ0) is 20.0. The van der Waals surface area contributed by atoms with Gasteiger partial charge in [-0.15, -0.1) is 0 Å². The van der Waals surface area contributed by atoms with Crippen LogP contribution in [-0.2, 0) is 16.2 Å². The van der Waals surface area contributed by atoms with Crippen molar-refractivity contribution in [3.8, 4) is 5.75 Å². The van der Waals surface area contributed by atoms with E-state index in [1.54, 1.807) is 0 Å². The monoisotopic (exact) mass is 448 g/mol. The Morgan fingerprint density at radius 2 is 1.96 bits per heavy atom. The third-order valence-corrected chi connectivity index (χ3v) is 10.2. The van der Waals surface area contributed by atoms with Crippen molar-refractivity contribution in [3.63, 3.8) is 0 Å². The molecular weight excluding hydrogens is 415 g/mol. The normalized spacial score (nSPS) is 21.0. The van der Waals surface area contributed by atoms with E-state index in [4.69, 9.17) is 21.4 Å². The van der Waals surface area contributed by atoms with Gasteiger partial charge in [0, 0.05) is 25.4 Å². The molecule has 160 valence electrons. The van der Waals surface area contributed by atoms with Gasteiger partial charge in [0.25, 0.3) is 0 Å². The van der Waals surface area contributed by atoms with Gasteiger partial charge in [-0.1, -0.05) is 26.1 Å². The summed E-state index contributed by atoms with van der Waals surface area (Å²) in [5.41, 5.74) is 1.25. The highest BCUT2D eigenvalue weighted by molar-refractivity contribution is 8.43. The average Bonchev–Trinajstić information content (AvgIpc) is 2.70. The molecule has 3 rings (SSSR count). The first-order valence-corrected chi connectivity index (χ1v) is 14.2. The molecular formula is C20H34ClN2O3PS. The van der Waals surface area contributed by atoms with E-state index in [9.17, 15) is 4.21 Å². The van der Waals surface area contributed by atoms with E-state index in [0.717, 1.165) is 64.0 Å². The molecule has 0 amide bonds. The lowest BCUT2D eigenvalue weighted by molar-refractivity contribution is 0.162. The number of benzene rings is 1. The molecule has 0 saturated carbocycles. The summed E-state index contributed by atoms with van der Waals surface area (Å²) in [7, 11) is 0.180. The summed E-state index contributed by atoms with van der Waals surface area (Å²) in [5.74, 6) is 1.96. The minimum Gasteiger partial charge on any atom is -0.489 e. The molecule has 2 saturated heterocycles.